The number of nitrogens with zero attached hydrogens (tertiary/aromatic N) is 2. The Bertz CT molecular complexity index is 462. The summed E-state index contributed by atoms with van der Waals surface area (Å²) in [5, 5.41) is 3.84. The monoisotopic (exact) mass is 219 g/mol. The van der Waals surface area contributed by atoms with Crippen molar-refractivity contribution in [3.63, 3.8) is 0 Å². The standard InChI is InChI=1S/C12H12FN2O/c1-8(2)7-11-14-12(16-15-11)9-3-5-10(13)6-4-9/h3-6,8H,1,7H2,2H3/t8-/m0/s1. The third-order valence-corrected chi connectivity index (χ3v) is 2.09. The number of hydrogen-bond donors (Lipinski definition) is 0. The maximum Gasteiger partial charge on any atom is 0.257 e. The molecule has 2 rings (SSSR count). The molecule has 1 heterocycles. The molecule has 0 fully saturated rings. The van der Waals surface area contributed by atoms with Crippen LogP contribution in [0.15, 0.2) is 28.8 Å². The first-order valence-corrected chi connectivity index (χ1v) is 5.07. The van der Waals surface area contributed by atoms with Crippen molar-refractivity contribution in [2.24, 2.45) is 5.92 Å². The first-order chi connectivity index (χ1) is 7.65. The van der Waals surface area contributed by atoms with Crippen molar-refractivity contribution in [2.45, 2.75) is 13.3 Å². The zero-order valence-electron chi connectivity index (χ0n) is 8.98. The van der Waals surface area contributed by atoms with Crippen molar-refractivity contribution < 1.29 is 8.91 Å². The van der Waals surface area contributed by atoms with Crippen LogP contribution in [0.4, 0.5) is 4.39 Å². The molecule has 0 aliphatic heterocycles. The van der Waals surface area contributed by atoms with Gasteiger partial charge in [-0.3, -0.25) is 0 Å². The van der Waals surface area contributed by atoms with E-state index in [2.05, 4.69) is 17.1 Å². The van der Waals surface area contributed by atoms with Crippen LogP contribution in [0.1, 0.15) is 12.7 Å². The summed E-state index contributed by atoms with van der Waals surface area (Å²) in [6.45, 7) is 5.84. The fraction of sp³-hybridized carbons (Fsp3) is 0.250. The van der Waals surface area contributed by atoms with Crippen molar-refractivity contribution in [3.8, 4) is 11.5 Å². The molecule has 1 atom stereocenters. The lowest BCUT2D eigenvalue weighted by atomic mass is 10.1. The SMILES string of the molecule is [CH2][C@@H](C)Cc1noc(-c2ccc(F)cc2)n1. The summed E-state index contributed by atoms with van der Waals surface area (Å²) >= 11 is 0. The number of aromatic nitrogens is 2. The van der Waals surface area contributed by atoms with E-state index < -0.39 is 0 Å². The first-order valence-electron chi connectivity index (χ1n) is 5.07. The van der Waals surface area contributed by atoms with E-state index in [0.717, 1.165) is 5.56 Å². The lowest BCUT2D eigenvalue weighted by Gasteiger charge is -1.96. The van der Waals surface area contributed by atoms with Crippen molar-refractivity contribution in [1.29, 1.82) is 0 Å². The molecule has 83 valence electrons. The third-order valence-electron chi connectivity index (χ3n) is 2.09. The lowest BCUT2D eigenvalue weighted by molar-refractivity contribution is 0.419. The van der Waals surface area contributed by atoms with Gasteiger partial charge in [-0.05, 0) is 30.2 Å². The van der Waals surface area contributed by atoms with Gasteiger partial charge in [0.2, 0.25) is 0 Å². The van der Waals surface area contributed by atoms with Crippen LogP contribution in [0.25, 0.3) is 11.5 Å². The Kier molecular flexibility index (Phi) is 2.99. The summed E-state index contributed by atoms with van der Waals surface area (Å²) in [7, 11) is 0. The van der Waals surface area contributed by atoms with Gasteiger partial charge >= 0.3 is 0 Å². The molecular weight excluding hydrogens is 207 g/mol. The summed E-state index contributed by atoms with van der Waals surface area (Å²) in [6, 6.07) is 5.95. The molecule has 0 spiro atoms. The van der Waals surface area contributed by atoms with Crippen LogP contribution in [0, 0.1) is 18.7 Å². The fourth-order valence-corrected chi connectivity index (χ4v) is 1.36. The first kappa shape index (κ1) is 10.8. The van der Waals surface area contributed by atoms with Gasteiger partial charge < -0.3 is 4.52 Å². The molecule has 0 saturated heterocycles. The van der Waals surface area contributed by atoms with Gasteiger partial charge in [-0.15, -0.1) is 0 Å². The Balaban J connectivity index is 2.21. The van der Waals surface area contributed by atoms with Gasteiger partial charge in [0.1, 0.15) is 5.82 Å². The summed E-state index contributed by atoms with van der Waals surface area (Å²) in [5.74, 6) is 0.992. The molecule has 0 unspecified atom stereocenters. The Morgan fingerprint density at radius 1 is 1.38 bits per heavy atom. The van der Waals surface area contributed by atoms with Crippen LogP contribution in [-0.2, 0) is 6.42 Å². The Hall–Kier alpha value is -1.71. The number of rotatable bonds is 3. The average Bonchev–Trinajstić information content (AvgIpc) is 2.66. The van der Waals surface area contributed by atoms with Crippen LogP contribution in [0.3, 0.4) is 0 Å². The molecule has 1 radical (unpaired) electrons. The van der Waals surface area contributed by atoms with Gasteiger partial charge in [0.05, 0.1) is 0 Å². The summed E-state index contributed by atoms with van der Waals surface area (Å²) in [6.07, 6.45) is 0.671. The molecule has 2 aromatic rings. The molecule has 0 aliphatic carbocycles. The molecule has 0 aliphatic rings. The third kappa shape index (κ3) is 2.45. The molecule has 0 amide bonds. The number of halogens is 1. The van der Waals surface area contributed by atoms with Gasteiger partial charge in [-0.2, -0.15) is 4.98 Å². The normalized spacial score (nSPS) is 11.0. The molecule has 3 nitrogen and oxygen atoms in total. The predicted molar refractivity (Wildman–Crippen MR) is 57.9 cm³/mol. The maximum absolute atomic E-state index is 12.7. The highest BCUT2D eigenvalue weighted by Gasteiger charge is 2.09. The minimum Gasteiger partial charge on any atom is -0.334 e. The smallest absolute Gasteiger partial charge is 0.257 e. The molecule has 0 N–H and O–H groups in total. The summed E-state index contributed by atoms with van der Waals surface area (Å²) in [5.41, 5.74) is 0.719. The zero-order valence-corrected chi connectivity index (χ0v) is 8.98. The van der Waals surface area contributed by atoms with E-state index in [1.54, 1.807) is 12.1 Å². The summed E-state index contributed by atoms with van der Waals surface area (Å²) < 4.78 is 17.8. The quantitative estimate of drug-likeness (QED) is 0.796. The topological polar surface area (TPSA) is 38.9 Å². The maximum atomic E-state index is 12.7. The van der Waals surface area contributed by atoms with Gasteiger partial charge in [0, 0.05) is 12.0 Å². The molecule has 0 bridgehead atoms. The van der Waals surface area contributed by atoms with Crippen LogP contribution < -0.4 is 0 Å². The van der Waals surface area contributed by atoms with E-state index in [-0.39, 0.29) is 11.7 Å². The average molecular weight is 219 g/mol. The van der Waals surface area contributed by atoms with E-state index in [1.165, 1.54) is 12.1 Å². The molecular formula is C12H12FN2O. The zero-order chi connectivity index (χ0) is 11.5. The van der Waals surface area contributed by atoms with Crippen molar-refractivity contribution in [3.05, 3.63) is 42.8 Å². The predicted octanol–water partition coefficient (Wildman–Crippen LogP) is 2.89. The van der Waals surface area contributed by atoms with Crippen LogP contribution in [0.2, 0.25) is 0 Å². The molecule has 0 saturated carbocycles. The van der Waals surface area contributed by atoms with Gasteiger partial charge in [0.25, 0.3) is 5.89 Å². The van der Waals surface area contributed by atoms with E-state index in [0.29, 0.717) is 18.1 Å². The highest BCUT2D eigenvalue weighted by atomic mass is 19.1. The largest absolute Gasteiger partial charge is 0.334 e. The summed E-state index contributed by atoms with van der Waals surface area (Å²) in [4.78, 5) is 4.21. The fourth-order valence-electron chi connectivity index (χ4n) is 1.36. The Labute approximate surface area is 93.3 Å². The van der Waals surface area contributed by atoms with Crippen LogP contribution >= 0.6 is 0 Å². The van der Waals surface area contributed by atoms with Crippen molar-refractivity contribution >= 4 is 0 Å². The molecule has 1 aromatic carbocycles. The van der Waals surface area contributed by atoms with E-state index in [9.17, 15) is 4.39 Å². The minimum absolute atomic E-state index is 0.235. The van der Waals surface area contributed by atoms with Gasteiger partial charge in [0.15, 0.2) is 5.82 Å². The Morgan fingerprint density at radius 3 is 2.69 bits per heavy atom. The van der Waals surface area contributed by atoms with Crippen LogP contribution in [-0.4, -0.2) is 10.1 Å². The second kappa shape index (κ2) is 4.43. The van der Waals surface area contributed by atoms with Gasteiger partial charge in [-0.1, -0.05) is 19.0 Å². The minimum atomic E-state index is -0.283. The highest BCUT2D eigenvalue weighted by Crippen LogP contribution is 2.18. The highest BCUT2D eigenvalue weighted by molar-refractivity contribution is 5.52. The number of benzene rings is 1. The number of hydrogen-bond acceptors (Lipinski definition) is 3. The van der Waals surface area contributed by atoms with Crippen molar-refractivity contribution in [1.82, 2.24) is 10.1 Å². The molecule has 1 aromatic heterocycles. The Morgan fingerprint density at radius 2 is 2.06 bits per heavy atom. The van der Waals surface area contributed by atoms with Crippen LogP contribution in [0.5, 0.6) is 0 Å². The molecule has 4 heteroatoms. The van der Waals surface area contributed by atoms with Crippen molar-refractivity contribution in [2.75, 3.05) is 0 Å². The van der Waals surface area contributed by atoms with Gasteiger partial charge in [-0.25, -0.2) is 4.39 Å². The molecule has 16 heavy (non-hydrogen) atoms. The second-order valence-electron chi connectivity index (χ2n) is 3.83. The lowest BCUT2D eigenvalue weighted by Crippen LogP contribution is -1.96. The second-order valence-corrected chi connectivity index (χ2v) is 3.83. The van der Waals surface area contributed by atoms with E-state index in [4.69, 9.17) is 4.52 Å². The van der Waals surface area contributed by atoms with E-state index >= 15 is 0 Å². The van der Waals surface area contributed by atoms with E-state index in [1.807, 2.05) is 6.92 Å².